The molecule has 0 aliphatic carbocycles. The lowest BCUT2D eigenvalue weighted by Gasteiger charge is -2.23. The molecule has 1 N–H and O–H groups in total. The minimum atomic E-state index is -4.46. The molecule has 0 amide bonds. The van der Waals surface area contributed by atoms with Crippen LogP contribution < -0.4 is 5.56 Å². The molecule has 1 aromatic heterocycles. The van der Waals surface area contributed by atoms with E-state index >= 15 is 0 Å². The number of fused-ring (bicyclic) bond motifs is 1. The number of rotatable bonds is 2. The number of aromatic amines is 1. The van der Waals surface area contributed by atoms with Crippen molar-refractivity contribution in [3.8, 4) is 0 Å². The van der Waals surface area contributed by atoms with Crippen LogP contribution in [-0.4, -0.2) is 78.0 Å². The van der Waals surface area contributed by atoms with Gasteiger partial charge >= 0.3 is 6.18 Å². The largest absolute Gasteiger partial charge is 0.416 e. The van der Waals surface area contributed by atoms with Gasteiger partial charge in [-0.2, -0.15) is 13.2 Å². The van der Waals surface area contributed by atoms with Crippen molar-refractivity contribution in [2.75, 3.05) is 53.4 Å². The van der Waals surface area contributed by atoms with Crippen molar-refractivity contribution in [2.24, 2.45) is 0 Å². The zero-order valence-corrected chi connectivity index (χ0v) is 15.5. The van der Waals surface area contributed by atoms with E-state index in [0.717, 1.165) is 51.4 Å². The molecule has 1 saturated heterocycles. The number of halogens is 3. The number of alkyl halides is 3. The molecular formula is C18H24F3N5O. The highest BCUT2D eigenvalue weighted by molar-refractivity contribution is 5.78. The third-order valence-electron chi connectivity index (χ3n) is 4.92. The highest BCUT2D eigenvalue weighted by atomic mass is 19.4. The summed E-state index contributed by atoms with van der Waals surface area (Å²) in [6.07, 6.45) is -4.46. The summed E-state index contributed by atoms with van der Waals surface area (Å²) >= 11 is 0. The lowest BCUT2D eigenvalue weighted by atomic mass is 10.1. The molecule has 1 fully saturated rings. The van der Waals surface area contributed by atoms with Gasteiger partial charge < -0.3 is 14.8 Å². The fourth-order valence-corrected chi connectivity index (χ4v) is 3.11. The average Bonchev–Trinajstić information content (AvgIpc) is 2.67. The second kappa shape index (κ2) is 7.95. The van der Waals surface area contributed by atoms with E-state index in [4.69, 9.17) is 0 Å². The van der Waals surface area contributed by atoms with Crippen LogP contribution in [0.5, 0.6) is 0 Å². The Balaban J connectivity index is 1.85. The molecule has 6 nitrogen and oxygen atoms in total. The van der Waals surface area contributed by atoms with Crippen molar-refractivity contribution in [1.29, 1.82) is 0 Å². The molecular weight excluding hydrogens is 359 g/mol. The maximum absolute atomic E-state index is 13.0. The van der Waals surface area contributed by atoms with E-state index in [-0.39, 0.29) is 10.9 Å². The van der Waals surface area contributed by atoms with Gasteiger partial charge in [0, 0.05) is 39.3 Å². The molecule has 9 heteroatoms. The Kier molecular flexibility index (Phi) is 5.83. The Morgan fingerprint density at radius 1 is 1.04 bits per heavy atom. The molecule has 1 aliphatic rings. The first-order valence-corrected chi connectivity index (χ1v) is 8.92. The molecule has 0 unspecified atom stereocenters. The standard InChI is InChI=1S/C18H24F3N5O/c1-24-5-6-25(2)8-10-26(9-7-24)12-16-22-15-11-13(18(19,20)21)3-4-14(15)17(27)23-16/h3-4,11H,5-10,12H2,1-2H3,(H,22,23,27). The molecule has 2 heterocycles. The molecule has 3 rings (SSSR count). The van der Waals surface area contributed by atoms with Crippen molar-refractivity contribution in [1.82, 2.24) is 24.7 Å². The van der Waals surface area contributed by atoms with Gasteiger partial charge in [-0.15, -0.1) is 0 Å². The lowest BCUT2D eigenvalue weighted by molar-refractivity contribution is -0.137. The van der Waals surface area contributed by atoms with E-state index in [0.29, 0.717) is 12.4 Å². The molecule has 0 bridgehead atoms. The van der Waals surface area contributed by atoms with Crippen LogP contribution in [0.1, 0.15) is 11.4 Å². The monoisotopic (exact) mass is 383 g/mol. The summed E-state index contributed by atoms with van der Waals surface area (Å²) < 4.78 is 38.9. The number of aromatic nitrogens is 2. The van der Waals surface area contributed by atoms with Crippen LogP contribution in [0.25, 0.3) is 10.9 Å². The van der Waals surface area contributed by atoms with Crippen LogP contribution >= 0.6 is 0 Å². The van der Waals surface area contributed by atoms with Gasteiger partial charge in [0.15, 0.2) is 0 Å². The highest BCUT2D eigenvalue weighted by Crippen LogP contribution is 2.30. The number of nitrogens with one attached hydrogen (secondary N) is 1. The van der Waals surface area contributed by atoms with Crippen molar-refractivity contribution in [3.63, 3.8) is 0 Å². The van der Waals surface area contributed by atoms with Crippen molar-refractivity contribution in [2.45, 2.75) is 12.7 Å². The van der Waals surface area contributed by atoms with Crippen molar-refractivity contribution < 1.29 is 13.2 Å². The van der Waals surface area contributed by atoms with E-state index in [9.17, 15) is 18.0 Å². The summed E-state index contributed by atoms with van der Waals surface area (Å²) in [5, 5.41) is 0.163. The summed E-state index contributed by atoms with van der Waals surface area (Å²) in [6, 6.07) is 3.03. The van der Waals surface area contributed by atoms with Gasteiger partial charge in [-0.05, 0) is 32.3 Å². The first-order chi connectivity index (χ1) is 12.7. The maximum atomic E-state index is 13.0. The van der Waals surface area contributed by atoms with E-state index in [1.54, 1.807) is 0 Å². The van der Waals surface area contributed by atoms with E-state index in [1.807, 2.05) is 0 Å². The average molecular weight is 383 g/mol. The minimum Gasteiger partial charge on any atom is -0.309 e. The zero-order valence-electron chi connectivity index (χ0n) is 15.5. The Morgan fingerprint density at radius 3 is 2.22 bits per heavy atom. The number of nitrogens with zero attached hydrogens (tertiary/aromatic N) is 4. The second-order valence-electron chi connectivity index (χ2n) is 7.13. The van der Waals surface area contributed by atoms with Crippen LogP contribution in [-0.2, 0) is 12.7 Å². The second-order valence-corrected chi connectivity index (χ2v) is 7.13. The Bertz CT molecular complexity index is 837. The van der Waals surface area contributed by atoms with Gasteiger partial charge in [-0.25, -0.2) is 4.98 Å². The Hall–Kier alpha value is -1.97. The smallest absolute Gasteiger partial charge is 0.309 e. The molecule has 27 heavy (non-hydrogen) atoms. The van der Waals surface area contributed by atoms with Gasteiger partial charge in [0.25, 0.3) is 5.56 Å². The summed E-state index contributed by atoms with van der Waals surface area (Å²) in [6.45, 7) is 5.71. The third kappa shape index (κ3) is 5.06. The molecule has 1 aliphatic heterocycles. The lowest BCUT2D eigenvalue weighted by Crippen LogP contribution is -2.35. The van der Waals surface area contributed by atoms with Crippen LogP contribution in [0.15, 0.2) is 23.0 Å². The minimum absolute atomic E-state index is 0.0714. The normalized spacial score (nSPS) is 19.0. The van der Waals surface area contributed by atoms with Gasteiger partial charge in [0.1, 0.15) is 5.82 Å². The number of benzene rings is 1. The van der Waals surface area contributed by atoms with Crippen molar-refractivity contribution in [3.05, 3.63) is 39.9 Å². The predicted octanol–water partition coefficient (Wildman–Crippen LogP) is 1.62. The summed E-state index contributed by atoms with van der Waals surface area (Å²) in [5.74, 6) is 0.386. The van der Waals surface area contributed by atoms with Gasteiger partial charge in [-0.3, -0.25) is 9.69 Å². The molecule has 0 atom stereocenters. The molecule has 0 spiro atoms. The molecule has 1 aromatic carbocycles. The van der Waals surface area contributed by atoms with E-state index in [1.165, 1.54) is 6.07 Å². The van der Waals surface area contributed by atoms with Gasteiger partial charge in [0.05, 0.1) is 23.0 Å². The third-order valence-corrected chi connectivity index (χ3v) is 4.92. The number of hydrogen-bond donors (Lipinski definition) is 1. The van der Waals surface area contributed by atoms with Crippen LogP contribution in [0, 0.1) is 0 Å². The number of likely N-dealkylation sites (N-methyl/N-ethyl adjacent to an activating group) is 2. The van der Waals surface area contributed by atoms with Gasteiger partial charge in [-0.1, -0.05) is 0 Å². The van der Waals surface area contributed by atoms with Crippen LogP contribution in [0.3, 0.4) is 0 Å². The fourth-order valence-electron chi connectivity index (χ4n) is 3.11. The van der Waals surface area contributed by atoms with Crippen molar-refractivity contribution >= 4 is 10.9 Å². The Morgan fingerprint density at radius 2 is 1.63 bits per heavy atom. The summed E-state index contributed by atoms with van der Waals surface area (Å²) in [7, 11) is 4.12. The zero-order chi connectivity index (χ0) is 19.6. The summed E-state index contributed by atoms with van der Waals surface area (Å²) in [5.41, 5.74) is -1.14. The predicted molar refractivity (Wildman–Crippen MR) is 97.6 cm³/mol. The number of hydrogen-bond acceptors (Lipinski definition) is 5. The van der Waals surface area contributed by atoms with Gasteiger partial charge in [0.2, 0.25) is 0 Å². The first kappa shape index (κ1) is 19.8. The summed E-state index contributed by atoms with van der Waals surface area (Å²) in [4.78, 5) is 25.9. The SMILES string of the molecule is CN1CCN(C)CCN(Cc2nc3cc(C(F)(F)F)ccc3c(=O)[nH]2)CC1. The molecule has 148 valence electrons. The molecule has 2 aromatic rings. The molecule has 0 radical (unpaired) electrons. The molecule has 0 saturated carbocycles. The topological polar surface area (TPSA) is 55.5 Å². The first-order valence-electron chi connectivity index (χ1n) is 8.92. The van der Waals surface area contributed by atoms with Crippen LogP contribution in [0.4, 0.5) is 13.2 Å². The quantitative estimate of drug-likeness (QED) is 0.854. The highest BCUT2D eigenvalue weighted by Gasteiger charge is 2.30. The van der Waals surface area contributed by atoms with E-state index < -0.39 is 17.3 Å². The fraction of sp³-hybridized carbons (Fsp3) is 0.556. The number of H-pyrrole nitrogens is 1. The van der Waals surface area contributed by atoms with Crippen LogP contribution in [0.2, 0.25) is 0 Å². The van der Waals surface area contributed by atoms with E-state index in [2.05, 4.69) is 38.8 Å². The maximum Gasteiger partial charge on any atom is 0.416 e. The Labute approximate surface area is 155 Å².